The van der Waals surface area contributed by atoms with Crippen molar-refractivity contribution in [1.29, 1.82) is 0 Å². The quantitative estimate of drug-likeness (QED) is 0.728. The molecule has 12 heavy (non-hydrogen) atoms. The number of hydrogen-bond donors (Lipinski definition) is 0. The summed E-state index contributed by atoms with van der Waals surface area (Å²) in [7, 11) is 1.65. The Balaban J connectivity index is 2.83. The van der Waals surface area contributed by atoms with Gasteiger partial charge in [0, 0.05) is 16.1 Å². The Morgan fingerprint density at radius 2 is 2.17 bits per heavy atom. The van der Waals surface area contributed by atoms with Crippen molar-refractivity contribution in [2.45, 2.75) is 0 Å². The molecule has 1 aromatic heterocycles. The van der Waals surface area contributed by atoms with Gasteiger partial charge in [-0.15, -0.1) is 0 Å². The van der Waals surface area contributed by atoms with E-state index >= 15 is 0 Å². The van der Waals surface area contributed by atoms with Crippen LogP contribution in [0.5, 0.6) is 0 Å². The van der Waals surface area contributed by atoms with Crippen LogP contribution in [0.1, 0.15) is 0 Å². The molecule has 0 saturated heterocycles. The molecule has 2 aromatic rings. The van der Waals surface area contributed by atoms with Crippen LogP contribution in [0.25, 0.3) is 10.9 Å². The second-order valence-corrected chi connectivity index (χ2v) is 3.36. The molecule has 0 spiro atoms. The molecule has 0 aliphatic heterocycles. The van der Waals surface area contributed by atoms with Gasteiger partial charge in [-0.25, -0.2) is 0 Å². The maximum atomic E-state index is 5.13. The Bertz CT molecular complexity index is 408. The Morgan fingerprint density at radius 3 is 2.92 bits per heavy atom. The fourth-order valence-electron chi connectivity index (χ4n) is 1.27. The molecule has 62 valence electrons. The number of nitrogens with zero attached hydrogens (tertiary/aromatic N) is 1. The van der Waals surface area contributed by atoms with Gasteiger partial charge in [0.05, 0.1) is 0 Å². The average Bonchev–Trinajstić information content (AvgIpc) is 2.49. The predicted molar refractivity (Wildman–Crippen MR) is 52.1 cm³/mol. The first-order chi connectivity index (χ1) is 5.83. The summed E-state index contributed by atoms with van der Waals surface area (Å²) in [5.41, 5.74) is 1.07. The van der Waals surface area contributed by atoms with Gasteiger partial charge >= 0.3 is 0 Å². The van der Waals surface area contributed by atoms with Crippen molar-refractivity contribution < 1.29 is 4.84 Å². The number of para-hydroxylation sites is 1. The van der Waals surface area contributed by atoms with Gasteiger partial charge in [0.25, 0.3) is 0 Å². The molecule has 0 fully saturated rings. The summed E-state index contributed by atoms with van der Waals surface area (Å²) in [5, 5.41) is 1.17. The molecule has 0 N–H and O–H groups in total. The van der Waals surface area contributed by atoms with Gasteiger partial charge in [-0.1, -0.05) is 12.1 Å². The average molecular weight is 226 g/mol. The summed E-state index contributed by atoms with van der Waals surface area (Å²) in [6, 6.07) is 8.07. The lowest BCUT2D eigenvalue weighted by atomic mass is 10.3. The lowest BCUT2D eigenvalue weighted by Gasteiger charge is -2.02. The number of halogens is 1. The highest BCUT2D eigenvalue weighted by Gasteiger charge is 2.02. The highest BCUT2D eigenvalue weighted by Crippen LogP contribution is 2.23. The van der Waals surface area contributed by atoms with Crippen LogP contribution >= 0.6 is 15.9 Å². The molecule has 1 aromatic carbocycles. The van der Waals surface area contributed by atoms with Crippen molar-refractivity contribution in [3.05, 3.63) is 34.9 Å². The Hall–Kier alpha value is -0.960. The maximum absolute atomic E-state index is 5.13. The molecule has 0 unspecified atom stereocenters. The van der Waals surface area contributed by atoms with Crippen molar-refractivity contribution >= 4 is 26.8 Å². The Morgan fingerprint density at radius 1 is 1.33 bits per heavy atom. The van der Waals surface area contributed by atoms with E-state index in [1.54, 1.807) is 11.8 Å². The molecule has 0 amide bonds. The van der Waals surface area contributed by atoms with E-state index < -0.39 is 0 Å². The summed E-state index contributed by atoms with van der Waals surface area (Å²) in [6.45, 7) is 0. The fraction of sp³-hybridized carbons (Fsp3) is 0.111. The van der Waals surface area contributed by atoms with E-state index in [1.807, 2.05) is 24.4 Å². The monoisotopic (exact) mass is 225 g/mol. The van der Waals surface area contributed by atoms with Crippen LogP contribution in [-0.4, -0.2) is 11.8 Å². The van der Waals surface area contributed by atoms with Gasteiger partial charge in [0.1, 0.15) is 12.6 Å². The third-order valence-corrected chi connectivity index (χ3v) is 2.46. The molecule has 3 heteroatoms. The third-order valence-electron chi connectivity index (χ3n) is 1.82. The minimum absolute atomic E-state index is 1.05. The second-order valence-electron chi connectivity index (χ2n) is 2.50. The zero-order chi connectivity index (χ0) is 8.55. The molecular weight excluding hydrogens is 218 g/mol. The van der Waals surface area contributed by atoms with Gasteiger partial charge in [0.2, 0.25) is 0 Å². The number of aromatic nitrogens is 1. The first kappa shape index (κ1) is 7.68. The maximum Gasteiger partial charge on any atom is 0.104 e. The minimum atomic E-state index is 1.05. The summed E-state index contributed by atoms with van der Waals surface area (Å²) in [5.74, 6) is 0. The van der Waals surface area contributed by atoms with Crippen molar-refractivity contribution in [2.75, 3.05) is 7.11 Å². The van der Waals surface area contributed by atoms with E-state index in [0.29, 0.717) is 0 Å². The fourth-order valence-corrected chi connectivity index (χ4v) is 1.83. The Kier molecular flexibility index (Phi) is 1.81. The standard InChI is InChI=1S/C9H8BrNO/c1-12-11-6-5-7-3-2-4-8(10)9(7)11/h2-6H,1H3. The van der Waals surface area contributed by atoms with Crippen LogP contribution < -0.4 is 4.84 Å². The van der Waals surface area contributed by atoms with Crippen LogP contribution in [0.15, 0.2) is 34.9 Å². The zero-order valence-corrected chi connectivity index (χ0v) is 8.21. The van der Waals surface area contributed by atoms with E-state index in [1.165, 1.54) is 5.39 Å². The topological polar surface area (TPSA) is 14.2 Å². The van der Waals surface area contributed by atoms with Crippen LogP contribution in [0.4, 0.5) is 0 Å². The number of fused-ring (bicyclic) bond motifs is 1. The van der Waals surface area contributed by atoms with Crippen LogP contribution in [-0.2, 0) is 0 Å². The summed E-state index contributed by atoms with van der Waals surface area (Å²) in [6.07, 6.45) is 1.90. The van der Waals surface area contributed by atoms with Crippen molar-refractivity contribution in [1.82, 2.24) is 4.73 Å². The lowest BCUT2D eigenvalue weighted by molar-refractivity contribution is 0.179. The van der Waals surface area contributed by atoms with Crippen molar-refractivity contribution in [3.8, 4) is 0 Å². The molecule has 2 nitrogen and oxygen atoms in total. The Labute approximate surface area is 78.8 Å². The van der Waals surface area contributed by atoms with E-state index in [4.69, 9.17) is 4.84 Å². The molecule has 1 heterocycles. The predicted octanol–water partition coefficient (Wildman–Crippen LogP) is 2.46. The van der Waals surface area contributed by atoms with Crippen LogP contribution in [0, 0.1) is 0 Å². The third kappa shape index (κ3) is 1.01. The highest BCUT2D eigenvalue weighted by molar-refractivity contribution is 9.10. The van der Waals surface area contributed by atoms with E-state index in [0.717, 1.165) is 9.99 Å². The van der Waals surface area contributed by atoms with Crippen LogP contribution in [0.3, 0.4) is 0 Å². The van der Waals surface area contributed by atoms with Crippen molar-refractivity contribution in [3.63, 3.8) is 0 Å². The highest BCUT2D eigenvalue weighted by atomic mass is 79.9. The molecule has 0 aliphatic carbocycles. The van der Waals surface area contributed by atoms with Crippen LogP contribution in [0.2, 0.25) is 0 Å². The molecule has 0 saturated carbocycles. The normalized spacial score (nSPS) is 10.5. The van der Waals surface area contributed by atoms with Crippen molar-refractivity contribution in [2.24, 2.45) is 0 Å². The van der Waals surface area contributed by atoms with Gasteiger partial charge < -0.3 is 4.84 Å². The van der Waals surface area contributed by atoms with Gasteiger partial charge in [0.15, 0.2) is 0 Å². The molecule has 0 radical (unpaired) electrons. The first-order valence-electron chi connectivity index (χ1n) is 3.63. The smallest absolute Gasteiger partial charge is 0.104 e. The van der Waals surface area contributed by atoms with E-state index in [-0.39, 0.29) is 0 Å². The molecule has 0 aliphatic rings. The van der Waals surface area contributed by atoms with Gasteiger partial charge in [-0.05, 0) is 28.1 Å². The molecular formula is C9H8BrNO. The lowest BCUT2D eigenvalue weighted by Crippen LogP contribution is -2.02. The van der Waals surface area contributed by atoms with Gasteiger partial charge in [-0.3, -0.25) is 0 Å². The summed E-state index contributed by atoms with van der Waals surface area (Å²) >= 11 is 3.47. The largest absolute Gasteiger partial charge is 0.417 e. The van der Waals surface area contributed by atoms with E-state index in [9.17, 15) is 0 Å². The van der Waals surface area contributed by atoms with Gasteiger partial charge in [-0.2, -0.15) is 4.73 Å². The number of hydrogen-bond acceptors (Lipinski definition) is 1. The summed E-state index contributed by atoms with van der Waals surface area (Å²) in [4.78, 5) is 5.13. The number of rotatable bonds is 1. The number of benzene rings is 1. The molecule has 2 rings (SSSR count). The first-order valence-corrected chi connectivity index (χ1v) is 4.42. The zero-order valence-electron chi connectivity index (χ0n) is 6.62. The molecule has 0 atom stereocenters. The SMILES string of the molecule is COn1ccc2cccc(Br)c21. The second kappa shape index (κ2) is 2.83. The summed E-state index contributed by atoms with van der Waals surface area (Å²) < 4.78 is 2.78. The minimum Gasteiger partial charge on any atom is -0.417 e. The van der Waals surface area contributed by atoms with E-state index in [2.05, 4.69) is 22.0 Å². The molecule has 0 bridgehead atoms.